The summed E-state index contributed by atoms with van der Waals surface area (Å²) in [5.74, 6) is 2.08. The molecule has 0 saturated heterocycles. The Kier molecular flexibility index (Phi) is 5.45. The molecule has 0 bridgehead atoms. The van der Waals surface area contributed by atoms with Gasteiger partial charge in [0.1, 0.15) is 11.6 Å². The van der Waals surface area contributed by atoms with E-state index in [4.69, 9.17) is 10.5 Å². The lowest BCUT2D eigenvalue weighted by molar-refractivity contribution is 0.176. The summed E-state index contributed by atoms with van der Waals surface area (Å²) >= 11 is 1.61. The van der Waals surface area contributed by atoms with Crippen LogP contribution < -0.4 is 5.73 Å². The Morgan fingerprint density at radius 3 is 2.75 bits per heavy atom. The van der Waals surface area contributed by atoms with Crippen LogP contribution >= 0.6 is 11.3 Å². The highest BCUT2D eigenvalue weighted by atomic mass is 32.1. The molecule has 0 aliphatic rings. The van der Waals surface area contributed by atoms with Crippen LogP contribution in [0, 0.1) is 11.8 Å². The maximum Gasteiger partial charge on any atom is 0.234 e. The first-order valence-electron chi connectivity index (χ1n) is 7.04. The lowest BCUT2D eigenvalue weighted by atomic mass is 9.88. The van der Waals surface area contributed by atoms with E-state index in [1.165, 1.54) is 0 Å². The second-order valence-electron chi connectivity index (χ2n) is 5.36. The highest BCUT2D eigenvalue weighted by Gasteiger charge is 2.15. The SMILES string of the molecule is COCc1nnc2sc(CCC(CCN)C(C)C)nn12. The predicted octanol–water partition coefficient (Wildman–Crippen LogP) is 1.89. The molecular formula is C13H23N5OS. The van der Waals surface area contributed by atoms with Crippen LogP contribution in [0.3, 0.4) is 0 Å². The first kappa shape index (κ1) is 15.3. The fourth-order valence-electron chi connectivity index (χ4n) is 2.35. The zero-order valence-corrected chi connectivity index (χ0v) is 13.2. The first-order chi connectivity index (χ1) is 9.65. The van der Waals surface area contributed by atoms with Crippen molar-refractivity contribution in [3.63, 3.8) is 0 Å². The van der Waals surface area contributed by atoms with Crippen LogP contribution in [0.25, 0.3) is 4.96 Å². The summed E-state index contributed by atoms with van der Waals surface area (Å²) in [6, 6.07) is 0. The Labute approximate surface area is 123 Å². The van der Waals surface area contributed by atoms with Crippen LogP contribution in [-0.4, -0.2) is 33.5 Å². The van der Waals surface area contributed by atoms with E-state index < -0.39 is 0 Å². The third-order valence-corrected chi connectivity index (χ3v) is 4.54. The number of fused-ring (bicyclic) bond motifs is 1. The molecule has 2 aromatic heterocycles. The highest BCUT2D eigenvalue weighted by molar-refractivity contribution is 7.16. The molecule has 6 nitrogen and oxygen atoms in total. The molecule has 1 unspecified atom stereocenters. The summed E-state index contributed by atoms with van der Waals surface area (Å²) in [5.41, 5.74) is 5.68. The Hall–Kier alpha value is -1.05. The second kappa shape index (κ2) is 7.10. The van der Waals surface area contributed by atoms with Gasteiger partial charge in [-0.25, -0.2) is 0 Å². The number of nitrogens with two attached hydrogens (primary N) is 1. The molecule has 0 aliphatic heterocycles. The number of aromatic nitrogens is 4. The van der Waals surface area contributed by atoms with E-state index in [0.717, 1.165) is 41.6 Å². The maximum atomic E-state index is 5.68. The molecule has 7 heteroatoms. The zero-order chi connectivity index (χ0) is 14.5. The van der Waals surface area contributed by atoms with Gasteiger partial charge in [-0.2, -0.15) is 9.61 Å². The van der Waals surface area contributed by atoms with Gasteiger partial charge < -0.3 is 10.5 Å². The van der Waals surface area contributed by atoms with Gasteiger partial charge in [0.2, 0.25) is 4.96 Å². The van der Waals surface area contributed by atoms with E-state index in [2.05, 4.69) is 29.1 Å². The van der Waals surface area contributed by atoms with Gasteiger partial charge in [-0.3, -0.25) is 0 Å². The van der Waals surface area contributed by atoms with Crippen LogP contribution in [0.1, 0.15) is 37.5 Å². The molecule has 20 heavy (non-hydrogen) atoms. The monoisotopic (exact) mass is 297 g/mol. The number of methoxy groups -OCH3 is 1. The normalized spacial score (nSPS) is 13.4. The number of rotatable bonds is 8. The summed E-state index contributed by atoms with van der Waals surface area (Å²) in [6.45, 7) is 5.71. The van der Waals surface area contributed by atoms with Gasteiger partial charge in [-0.1, -0.05) is 25.2 Å². The van der Waals surface area contributed by atoms with Crippen molar-refractivity contribution in [3.05, 3.63) is 10.8 Å². The molecule has 2 heterocycles. The summed E-state index contributed by atoms with van der Waals surface area (Å²) in [6.07, 6.45) is 3.18. The molecule has 0 amide bonds. The van der Waals surface area contributed by atoms with Crippen molar-refractivity contribution in [2.75, 3.05) is 13.7 Å². The molecule has 0 spiro atoms. The summed E-state index contributed by atoms with van der Waals surface area (Å²) in [5, 5.41) is 13.9. The van der Waals surface area contributed by atoms with Gasteiger partial charge in [-0.15, -0.1) is 10.2 Å². The van der Waals surface area contributed by atoms with Gasteiger partial charge in [0.15, 0.2) is 5.82 Å². The lowest BCUT2D eigenvalue weighted by Gasteiger charge is -2.19. The molecule has 1 atom stereocenters. The minimum atomic E-state index is 0.437. The topological polar surface area (TPSA) is 78.3 Å². The van der Waals surface area contributed by atoms with Crippen LogP contribution in [0.4, 0.5) is 0 Å². The summed E-state index contributed by atoms with van der Waals surface area (Å²) < 4.78 is 6.88. The van der Waals surface area contributed by atoms with Crippen molar-refractivity contribution in [2.24, 2.45) is 17.6 Å². The Morgan fingerprint density at radius 2 is 2.10 bits per heavy atom. The van der Waals surface area contributed by atoms with E-state index in [-0.39, 0.29) is 0 Å². The number of aryl methyl sites for hydroxylation is 1. The van der Waals surface area contributed by atoms with Crippen LogP contribution in [0.5, 0.6) is 0 Å². The molecule has 0 radical (unpaired) electrons. The Morgan fingerprint density at radius 1 is 1.30 bits per heavy atom. The first-order valence-corrected chi connectivity index (χ1v) is 7.86. The fourth-order valence-corrected chi connectivity index (χ4v) is 3.22. The molecule has 2 rings (SSSR count). The highest BCUT2D eigenvalue weighted by Crippen LogP contribution is 2.23. The maximum absolute atomic E-state index is 5.68. The van der Waals surface area contributed by atoms with Crippen molar-refractivity contribution in [2.45, 2.75) is 39.7 Å². The Balaban J connectivity index is 2.02. The van der Waals surface area contributed by atoms with E-state index in [1.807, 2.05) is 0 Å². The molecule has 0 aromatic carbocycles. The molecule has 0 fully saturated rings. The average molecular weight is 297 g/mol. The molecular weight excluding hydrogens is 274 g/mol. The Bertz CT molecular complexity index is 536. The van der Waals surface area contributed by atoms with Crippen molar-refractivity contribution < 1.29 is 4.74 Å². The van der Waals surface area contributed by atoms with Gasteiger partial charge in [-0.05, 0) is 31.2 Å². The van der Waals surface area contributed by atoms with Crippen molar-refractivity contribution >= 4 is 16.3 Å². The second-order valence-corrected chi connectivity index (χ2v) is 6.40. The third-order valence-electron chi connectivity index (χ3n) is 3.58. The van der Waals surface area contributed by atoms with E-state index in [9.17, 15) is 0 Å². The lowest BCUT2D eigenvalue weighted by Crippen LogP contribution is -2.15. The average Bonchev–Trinajstić information content (AvgIpc) is 2.96. The number of hydrogen-bond acceptors (Lipinski definition) is 6. The van der Waals surface area contributed by atoms with Crippen LogP contribution in [0.2, 0.25) is 0 Å². The van der Waals surface area contributed by atoms with Crippen molar-refractivity contribution in [3.8, 4) is 0 Å². The predicted molar refractivity (Wildman–Crippen MR) is 79.7 cm³/mol. The molecule has 2 N–H and O–H groups in total. The fraction of sp³-hybridized carbons (Fsp3) is 0.769. The van der Waals surface area contributed by atoms with Crippen LogP contribution in [0.15, 0.2) is 0 Å². The van der Waals surface area contributed by atoms with Gasteiger partial charge in [0.05, 0.1) is 0 Å². The standard InChI is InChI=1S/C13H23N5OS/c1-9(2)10(6-7-14)4-5-12-17-18-11(8-19-3)15-16-13(18)20-12/h9-10H,4-8,14H2,1-3H3. The zero-order valence-electron chi connectivity index (χ0n) is 12.4. The summed E-state index contributed by atoms with van der Waals surface area (Å²) in [7, 11) is 1.65. The van der Waals surface area contributed by atoms with Gasteiger partial charge >= 0.3 is 0 Å². The van der Waals surface area contributed by atoms with Crippen molar-refractivity contribution in [1.82, 2.24) is 19.8 Å². The number of nitrogens with zero attached hydrogens (tertiary/aromatic N) is 4. The molecule has 2 aromatic rings. The molecule has 0 aliphatic carbocycles. The third kappa shape index (κ3) is 3.53. The van der Waals surface area contributed by atoms with Crippen LogP contribution in [-0.2, 0) is 17.8 Å². The van der Waals surface area contributed by atoms with Gasteiger partial charge in [0, 0.05) is 13.5 Å². The minimum absolute atomic E-state index is 0.437. The van der Waals surface area contributed by atoms with E-state index >= 15 is 0 Å². The summed E-state index contributed by atoms with van der Waals surface area (Å²) in [4.78, 5) is 0.840. The van der Waals surface area contributed by atoms with E-state index in [0.29, 0.717) is 18.4 Å². The van der Waals surface area contributed by atoms with E-state index in [1.54, 1.807) is 23.0 Å². The molecule has 112 valence electrons. The minimum Gasteiger partial charge on any atom is -0.377 e. The number of hydrogen-bond donors (Lipinski definition) is 1. The number of ether oxygens (including phenoxy) is 1. The van der Waals surface area contributed by atoms with Gasteiger partial charge in [0.25, 0.3) is 0 Å². The molecule has 0 saturated carbocycles. The van der Waals surface area contributed by atoms with Crippen molar-refractivity contribution in [1.29, 1.82) is 0 Å². The largest absolute Gasteiger partial charge is 0.377 e. The smallest absolute Gasteiger partial charge is 0.234 e. The quantitative estimate of drug-likeness (QED) is 0.805.